The Balaban J connectivity index is -0.00000190. The van der Waals surface area contributed by atoms with Crippen LogP contribution in [-0.4, -0.2) is 82.7 Å². The molecule has 29 heavy (non-hydrogen) atoms. The van der Waals surface area contributed by atoms with Crippen molar-refractivity contribution < 1.29 is 21.9 Å². The molecule has 1 rings (SSSR count). The Labute approximate surface area is 182 Å². The number of carbonyl (C=O) groups is 1. The van der Waals surface area contributed by atoms with Crippen molar-refractivity contribution in [3.63, 3.8) is 0 Å². The van der Waals surface area contributed by atoms with Gasteiger partial charge in [0.2, 0.25) is 5.91 Å². The number of hydrogen-bond donors (Lipinski definition) is 2. The van der Waals surface area contributed by atoms with E-state index in [9.17, 15) is 4.79 Å². The molecule has 0 aromatic heterocycles. The molecule has 0 aliphatic carbocycles. The van der Waals surface area contributed by atoms with Gasteiger partial charge in [0.05, 0.1) is 39.6 Å². The van der Waals surface area contributed by atoms with Crippen molar-refractivity contribution in [1.29, 1.82) is 0 Å². The number of hydrogen-bond acceptors (Lipinski definition) is 6. The second-order valence-corrected chi connectivity index (χ2v) is 7.91. The van der Waals surface area contributed by atoms with Gasteiger partial charge in [-0.3, -0.25) is 4.79 Å². The fourth-order valence-corrected chi connectivity index (χ4v) is 3.13. The maximum atomic E-state index is 12.0. The van der Waals surface area contributed by atoms with E-state index >= 15 is 0 Å². The normalized spacial score (nSPS) is 15.7. The molecular weight excluding hydrogens is 370 g/mol. The summed E-state index contributed by atoms with van der Waals surface area (Å²) in [5, 5.41) is 2.93. The third kappa shape index (κ3) is 14.8. The molecule has 3 N–H and O–H groups in total. The highest BCUT2D eigenvalue weighted by molar-refractivity contribution is 5.81. The van der Waals surface area contributed by atoms with Gasteiger partial charge in [0, 0.05) is 27.4 Å². The summed E-state index contributed by atoms with van der Waals surface area (Å²) in [6.07, 6.45) is 4.07. The number of piperidine rings is 1. The second-order valence-electron chi connectivity index (χ2n) is 7.91. The number of likely N-dealkylation sites (tertiary alicyclic amines) is 1. The minimum atomic E-state index is -0.307. The molecule has 0 aromatic rings. The van der Waals surface area contributed by atoms with Crippen LogP contribution in [0.15, 0.2) is 0 Å². The molecule has 7 nitrogen and oxygen atoms in total. The van der Waals surface area contributed by atoms with E-state index in [1.165, 1.54) is 0 Å². The van der Waals surface area contributed by atoms with Crippen molar-refractivity contribution in [3.05, 3.63) is 0 Å². The summed E-state index contributed by atoms with van der Waals surface area (Å²) in [4.78, 5) is 14.4. The third-order valence-electron chi connectivity index (χ3n) is 4.95. The van der Waals surface area contributed by atoms with Gasteiger partial charge < -0.3 is 30.2 Å². The van der Waals surface area contributed by atoms with E-state index in [-0.39, 0.29) is 14.2 Å². The van der Waals surface area contributed by atoms with Gasteiger partial charge in [-0.2, -0.15) is 0 Å². The quantitative estimate of drug-likeness (QED) is 0.395. The maximum Gasteiger partial charge on any atom is 0.225 e. The first-order valence-corrected chi connectivity index (χ1v) is 11.4. The van der Waals surface area contributed by atoms with Crippen LogP contribution in [0.4, 0.5) is 0 Å². The van der Waals surface area contributed by atoms with Crippen LogP contribution >= 0.6 is 0 Å². The van der Waals surface area contributed by atoms with Gasteiger partial charge in [-0.1, -0.05) is 41.0 Å². The molecule has 0 unspecified atom stereocenters. The third-order valence-corrected chi connectivity index (χ3v) is 4.95. The molecular formula is C22H51N3O4. The number of nitrogens with two attached hydrogens (primary N) is 1. The van der Waals surface area contributed by atoms with E-state index in [0.717, 1.165) is 51.9 Å². The van der Waals surface area contributed by atoms with E-state index in [2.05, 4.69) is 17.1 Å². The molecule has 1 amide bonds. The van der Waals surface area contributed by atoms with Crippen LogP contribution in [0, 0.1) is 5.41 Å². The minimum absolute atomic E-state index is 0. The van der Waals surface area contributed by atoms with Crippen LogP contribution in [-0.2, 0) is 19.0 Å². The molecule has 1 aliphatic heterocycles. The van der Waals surface area contributed by atoms with E-state index in [0.29, 0.717) is 45.6 Å². The van der Waals surface area contributed by atoms with Crippen LogP contribution in [0.3, 0.4) is 0 Å². The fraction of sp³-hybridized carbons (Fsp3) is 0.955. The molecule has 1 fully saturated rings. The zero-order valence-corrected chi connectivity index (χ0v) is 19.6. The highest BCUT2D eigenvalue weighted by Gasteiger charge is 2.25. The molecule has 0 radical (unpaired) electrons. The number of nitrogens with zero attached hydrogens (tertiary/aromatic N) is 1. The van der Waals surface area contributed by atoms with Gasteiger partial charge in [-0.25, -0.2) is 0 Å². The monoisotopic (exact) mass is 421 g/mol. The van der Waals surface area contributed by atoms with Gasteiger partial charge in [-0.05, 0) is 32.4 Å². The number of rotatable bonds is 15. The standard InChI is InChI=1S/C20H41N3O4.C2H6.2H2/c1-4-7-20(2,3)19(24)22-8-12-25-14-16-27-17-15-26-13-11-23-9-5-18(21)6-10-23;1-2;;/h18H,4-17,21H2,1-3H3,(H,22,24);1-2H3;2*1H. The number of carbonyl (C=O) groups excluding carboxylic acids is 1. The first-order chi connectivity index (χ1) is 14.0. The van der Waals surface area contributed by atoms with Gasteiger partial charge in [0.25, 0.3) is 0 Å². The molecule has 0 bridgehead atoms. The topological polar surface area (TPSA) is 86.1 Å². The van der Waals surface area contributed by atoms with Crippen LogP contribution in [0.1, 0.15) is 63.2 Å². The average molecular weight is 422 g/mol. The lowest BCUT2D eigenvalue weighted by atomic mass is 9.87. The van der Waals surface area contributed by atoms with Gasteiger partial charge in [-0.15, -0.1) is 0 Å². The molecule has 178 valence electrons. The number of nitrogens with one attached hydrogen (secondary N) is 1. The van der Waals surface area contributed by atoms with E-state index in [1.54, 1.807) is 0 Å². The Hall–Kier alpha value is -0.730. The summed E-state index contributed by atoms with van der Waals surface area (Å²) < 4.78 is 16.6. The van der Waals surface area contributed by atoms with E-state index < -0.39 is 0 Å². The summed E-state index contributed by atoms with van der Waals surface area (Å²) in [6.45, 7) is 17.2. The van der Waals surface area contributed by atoms with Gasteiger partial charge in [0.1, 0.15) is 0 Å². The number of amides is 1. The van der Waals surface area contributed by atoms with Gasteiger partial charge >= 0.3 is 0 Å². The molecule has 1 saturated heterocycles. The van der Waals surface area contributed by atoms with E-state index in [4.69, 9.17) is 19.9 Å². The van der Waals surface area contributed by atoms with Crippen molar-refractivity contribution in [1.82, 2.24) is 10.2 Å². The van der Waals surface area contributed by atoms with Crippen LogP contribution in [0.2, 0.25) is 0 Å². The first-order valence-electron chi connectivity index (χ1n) is 11.4. The summed E-state index contributed by atoms with van der Waals surface area (Å²) in [6, 6.07) is 0.377. The number of ether oxygens (including phenoxy) is 3. The predicted molar refractivity (Wildman–Crippen MR) is 123 cm³/mol. The summed E-state index contributed by atoms with van der Waals surface area (Å²) in [5.74, 6) is 0.0914. The second kappa shape index (κ2) is 18.1. The lowest BCUT2D eigenvalue weighted by molar-refractivity contribution is -0.130. The average Bonchev–Trinajstić information content (AvgIpc) is 2.71. The lowest BCUT2D eigenvalue weighted by Crippen LogP contribution is -2.41. The van der Waals surface area contributed by atoms with Crippen molar-refractivity contribution in [2.45, 2.75) is 66.3 Å². The molecule has 0 saturated carbocycles. The molecule has 1 heterocycles. The zero-order valence-electron chi connectivity index (χ0n) is 19.6. The maximum absolute atomic E-state index is 12.0. The van der Waals surface area contributed by atoms with E-state index in [1.807, 2.05) is 27.7 Å². The Kier molecular flexibility index (Phi) is 17.6. The molecule has 1 aliphatic rings. The predicted octanol–water partition coefficient (Wildman–Crippen LogP) is 2.92. The lowest BCUT2D eigenvalue weighted by Gasteiger charge is -2.29. The largest absolute Gasteiger partial charge is 0.378 e. The SMILES string of the molecule is CC.CCCC(C)(C)C(=O)NCCOCCOCCOCCN1CCC(N)CC1.[HH].[HH]. The first kappa shape index (κ1) is 28.3. The van der Waals surface area contributed by atoms with Gasteiger partial charge in [0.15, 0.2) is 0 Å². The van der Waals surface area contributed by atoms with Crippen molar-refractivity contribution in [2.75, 3.05) is 65.8 Å². The Bertz CT molecular complexity index is 397. The molecule has 0 aromatic carbocycles. The fourth-order valence-electron chi connectivity index (χ4n) is 3.13. The Morgan fingerprint density at radius 2 is 1.55 bits per heavy atom. The van der Waals surface area contributed by atoms with Crippen molar-refractivity contribution >= 4 is 5.91 Å². The smallest absolute Gasteiger partial charge is 0.225 e. The highest BCUT2D eigenvalue weighted by Crippen LogP contribution is 2.21. The van der Waals surface area contributed by atoms with Crippen LogP contribution in [0.5, 0.6) is 0 Å². The molecule has 0 spiro atoms. The molecule has 7 heteroatoms. The highest BCUT2D eigenvalue weighted by atomic mass is 16.5. The summed E-state index contributed by atoms with van der Waals surface area (Å²) >= 11 is 0. The summed E-state index contributed by atoms with van der Waals surface area (Å²) in [5.41, 5.74) is 5.59. The van der Waals surface area contributed by atoms with Crippen molar-refractivity contribution in [3.8, 4) is 0 Å². The molecule has 0 atom stereocenters. The zero-order chi connectivity index (χ0) is 22.0. The van der Waals surface area contributed by atoms with Crippen LogP contribution in [0.25, 0.3) is 0 Å². The van der Waals surface area contributed by atoms with Crippen molar-refractivity contribution in [2.24, 2.45) is 11.1 Å². The Morgan fingerprint density at radius 1 is 1.03 bits per heavy atom. The minimum Gasteiger partial charge on any atom is -0.378 e. The Morgan fingerprint density at radius 3 is 2.10 bits per heavy atom. The van der Waals surface area contributed by atoms with Crippen LogP contribution < -0.4 is 11.1 Å². The summed E-state index contributed by atoms with van der Waals surface area (Å²) in [7, 11) is 0.